The van der Waals surface area contributed by atoms with Crippen molar-refractivity contribution in [2.24, 2.45) is 0 Å². The predicted octanol–water partition coefficient (Wildman–Crippen LogP) is 2.36. The van der Waals surface area contributed by atoms with Crippen molar-refractivity contribution in [3.63, 3.8) is 0 Å². The number of anilines is 2. The summed E-state index contributed by atoms with van der Waals surface area (Å²) in [5.74, 6) is 0. The summed E-state index contributed by atoms with van der Waals surface area (Å²) in [4.78, 5) is 4.73. The van der Waals surface area contributed by atoms with Crippen LogP contribution in [0.3, 0.4) is 0 Å². The lowest BCUT2D eigenvalue weighted by atomic mass is 10.1. The summed E-state index contributed by atoms with van der Waals surface area (Å²) in [6.45, 7) is 10.8. The fourth-order valence-electron chi connectivity index (χ4n) is 1.93. The third-order valence-corrected chi connectivity index (χ3v) is 3.23. The van der Waals surface area contributed by atoms with E-state index in [9.17, 15) is 0 Å². The molecule has 17 heavy (non-hydrogen) atoms. The van der Waals surface area contributed by atoms with E-state index in [1.54, 1.807) is 0 Å². The Labute approximate surface area is 105 Å². The van der Waals surface area contributed by atoms with Crippen LogP contribution in [0.25, 0.3) is 0 Å². The quantitative estimate of drug-likeness (QED) is 0.768. The maximum atomic E-state index is 5.79. The first-order valence-electron chi connectivity index (χ1n) is 6.38. The number of nitrogens with two attached hydrogens (primary N) is 1. The van der Waals surface area contributed by atoms with Crippen LogP contribution >= 0.6 is 0 Å². The normalized spacial score (nSPS) is 10.9. The molecule has 2 N–H and O–H groups in total. The number of nitrogen functional groups attached to an aromatic ring is 1. The van der Waals surface area contributed by atoms with E-state index >= 15 is 0 Å². The van der Waals surface area contributed by atoms with E-state index in [1.807, 2.05) is 12.1 Å². The first-order chi connectivity index (χ1) is 8.08. The van der Waals surface area contributed by atoms with Crippen LogP contribution in [0.5, 0.6) is 0 Å². The summed E-state index contributed by atoms with van der Waals surface area (Å²) < 4.78 is 0. The maximum absolute atomic E-state index is 5.79. The van der Waals surface area contributed by atoms with E-state index in [0.29, 0.717) is 0 Å². The molecule has 96 valence electrons. The van der Waals surface area contributed by atoms with Crippen LogP contribution < -0.4 is 10.6 Å². The van der Waals surface area contributed by atoms with Gasteiger partial charge >= 0.3 is 0 Å². The van der Waals surface area contributed by atoms with Crippen LogP contribution in [0.4, 0.5) is 11.4 Å². The standard InChI is InChI=1S/C14H25N3/c1-5-16(4)9-10-17(6-2)14-8-7-13(15)11-12(14)3/h7-8,11H,5-6,9-10,15H2,1-4H3. The molecule has 0 aromatic heterocycles. The number of hydrogen-bond acceptors (Lipinski definition) is 3. The largest absolute Gasteiger partial charge is 0.399 e. The van der Waals surface area contributed by atoms with Crippen molar-refractivity contribution in [3.8, 4) is 0 Å². The summed E-state index contributed by atoms with van der Waals surface area (Å²) in [5.41, 5.74) is 9.18. The first-order valence-corrected chi connectivity index (χ1v) is 6.38. The Kier molecular flexibility index (Phi) is 5.29. The fourth-order valence-corrected chi connectivity index (χ4v) is 1.93. The molecular weight excluding hydrogens is 210 g/mol. The van der Waals surface area contributed by atoms with Crippen molar-refractivity contribution in [1.82, 2.24) is 4.90 Å². The topological polar surface area (TPSA) is 32.5 Å². The lowest BCUT2D eigenvalue weighted by molar-refractivity contribution is 0.359. The Morgan fingerprint density at radius 1 is 1.12 bits per heavy atom. The second kappa shape index (κ2) is 6.50. The van der Waals surface area contributed by atoms with E-state index in [1.165, 1.54) is 11.3 Å². The van der Waals surface area contributed by atoms with Gasteiger partial charge in [-0.05, 0) is 51.2 Å². The number of rotatable bonds is 6. The summed E-state index contributed by atoms with van der Waals surface area (Å²) in [7, 11) is 2.16. The number of likely N-dealkylation sites (N-methyl/N-ethyl adjacent to an activating group) is 2. The number of hydrogen-bond donors (Lipinski definition) is 1. The zero-order chi connectivity index (χ0) is 12.8. The summed E-state index contributed by atoms with van der Waals surface area (Å²) in [6.07, 6.45) is 0. The number of nitrogens with zero attached hydrogens (tertiary/aromatic N) is 2. The highest BCUT2D eigenvalue weighted by Gasteiger charge is 2.08. The van der Waals surface area contributed by atoms with Crippen molar-refractivity contribution < 1.29 is 0 Å². The molecule has 0 fully saturated rings. The molecule has 1 aromatic rings. The Morgan fingerprint density at radius 3 is 2.35 bits per heavy atom. The first kappa shape index (κ1) is 13.8. The summed E-state index contributed by atoms with van der Waals surface area (Å²) >= 11 is 0. The SMILES string of the molecule is CCN(C)CCN(CC)c1ccc(N)cc1C. The average molecular weight is 235 g/mol. The van der Waals surface area contributed by atoms with Gasteiger partial charge in [-0.3, -0.25) is 0 Å². The van der Waals surface area contributed by atoms with Crippen LogP contribution in [-0.4, -0.2) is 38.1 Å². The summed E-state index contributed by atoms with van der Waals surface area (Å²) in [6, 6.07) is 6.15. The molecule has 0 radical (unpaired) electrons. The Hall–Kier alpha value is -1.22. The summed E-state index contributed by atoms with van der Waals surface area (Å²) in [5, 5.41) is 0. The van der Waals surface area contributed by atoms with Gasteiger partial charge in [-0.25, -0.2) is 0 Å². The Balaban J connectivity index is 2.72. The van der Waals surface area contributed by atoms with E-state index in [0.717, 1.165) is 31.9 Å². The van der Waals surface area contributed by atoms with Gasteiger partial charge in [-0.2, -0.15) is 0 Å². The average Bonchev–Trinajstić information content (AvgIpc) is 2.31. The molecule has 0 aliphatic carbocycles. The van der Waals surface area contributed by atoms with Crippen molar-refractivity contribution >= 4 is 11.4 Å². The molecule has 3 heteroatoms. The lowest BCUT2D eigenvalue weighted by Crippen LogP contribution is -2.33. The number of aryl methyl sites for hydroxylation is 1. The molecule has 1 aromatic carbocycles. The zero-order valence-electron chi connectivity index (χ0n) is 11.5. The van der Waals surface area contributed by atoms with Gasteiger partial charge in [0.25, 0.3) is 0 Å². The molecule has 3 nitrogen and oxygen atoms in total. The van der Waals surface area contributed by atoms with E-state index < -0.39 is 0 Å². The van der Waals surface area contributed by atoms with Gasteiger partial charge in [-0.1, -0.05) is 6.92 Å². The third-order valence-electron chi connectivity index (χ3n) is 3.23. The van der Waals surface area contributed by atoms with Gasteiger partial charge in [-0.15, -0.1) is 0 Å². The van der Waals surface area contributed by atoms with Crippen LogP contribution in [-0.2, 0) is 0 Å². The maximum Gasteiger partial charge on any atom is 0.0397 e. The van der Waals surface area contributed by atoms with Gasteiger partial charge in [0.2, 0.25) is 0 Å². The monoisotopic (exact) mass is 235 g/mol. The van der Waals surface area contributed by atoms with Gasteiger partial charge in [0.1, 0.15) is 0 Å². The Morgan fingerprint density at radius 2 is 1.82 bits per heavy atom. The fraction of sp³-hybridized carbons (Fsp3) is 0.571. The highest BCUT2D eigenvalue weighted by molar-refractivity contribution is 5.59. The van der Waals surface area contributed by atoms with Crippen molar-refractivity contribution in [2.45, 2.75) is 20.8 Å². The molecule has 0 amide bonds. The van der Waals surface area contributed by atoms with Gasteiger partial charge < -0.3 is 15.5 Å². The minimum atomic E-state index is 0.841. The molecule has 0 spiro atoms. The molecule has 0 saturated heterocycles. The molecule has 0 atom stereocenters. The zero-order valence-corrected chi connectivity index (χ0v) is 11.5. The second-order valence-electron chi connectivity index (χ2n) is 4.52. The smallest absolute Gasteiger partial charge is 0.0397 e. The minimum Gasteiger partial charge on any atom is -0.399 e. The third kappa shape index (κ3) is 3.93. The molecule has 0 unspecified atom stereocenters. The highest BCUT2D eigenvalue weighted by atomic mass is 15.2. The van der Waals surface area contributed by atoms with Crippen LogP contribution in [0.2, 0.25) is 0 Å². The molecule has 0 aliphatic rings. The number of benzene rings is 1. The minimum absolute atomic E-state index is 0.841. The molecule has 1 rings (SSSR count). The predicted molar refractivity (Wildman–Crippen MR) is 76.6 cm³/mol. The van der Waals surface area contributed by atoms with Crippen molar-refractivity contribution in [1.29, 1.82) is 0 Å². The molecule has 0 bridgehead atoms. The van der Waals surface area contributed by atoms with Gasteiger partial charge in [0, 0.05) is 31.0 Å². The molecular formula is C14H25N3. The molecule has 0 aliphatic heterocycles. The highest BCUT2D eigenvalue weighted by Crippen LogP contribution is 2.21. The van der Waals surface area contributed by atoms with Gasteiger partial charge in [0.15, 0.2) is 0 Å². The second-order valence-corrected chi connectivity index (χ2v) is 4.52. The van der Waals surface area contributed by atoms with E-state index in [4.69, 9.17) is 5.73 Å². The van der Waals surface area contributed by atoms with Crippen LogP contribution in [0.15, 0.2) is 18.2 Å². The lowest BCUT2D eigenvalue weighted by Gasteiger charge is -2.27. The van der Waals surface area contributed by atoms with E-state index in [-0.39, 0.29) is 0 Å². The van der Waals surface area contributed by atoms with Gasteiger partial charge in [0.05, 0.1) is 0 Å². The van der Waals surface area contributed by atoms with Crippen molar-refractivity contribution in [2.75, 3.05) is 43.9 Å². The van der Waals surface area contributed by atoms with Crippen LogP contribution in [0, 0.1) is 6.92 Å². The van der Waals surface area contributed by atoms with Crippen LogP contribution in [0.1, 0.15) is 19.4 Å². The Bertz CT molecular complexity index is 349. The van der Waals surface area contributed by atoms with E-state index in [2.05, 4.69) is 43.7 Å². The molecule has 0 heterocycles. The molecule has 0 saturated carbocycles. The van der Waals surface area contributed by atoms with Crippen molar-refractivity contribution in [3.05, 3.63) is 23.8 Å².